The summed E-state index contributed by atoms with van der Waals surface area (Å²) in [7, 11) is 0. The maximum Gasteiger partial charge on any atom is 0.251 e. The highest BCUT2D eigenvalue weighted by atomic mass is 35.5. The largest absolute Gasteiger partial charge is 0.352 e. The smallest absolute Gasteiger partial charge is 0.251 e. The van der Waals surface area contributed by atoms with Crippen LogP contribution in [0.15, 0.2) is 24.3 Å². The number of hydrogen-bond acceptors (Lipinski definition) is 3. The average Bonchev–Trinajstić information content (AvgIpc) is 2.36. The van der Waals surface area contributed by atoms with E-state index in [9.17, 15) is 9.59 Å². The van der Waals surface area contributed by atoms with E-state index in [1.54, 1.807) is 24.3 Å². The zero-order valence-corrected chi connectivity index (χ0v) is 11.8. The van der Waals surface area contributed by atoms with Crippen molar-refractivity contribution in [3.8, 4) is 0 Å². The van der Waals surface area contributed by atoms with Gasteiger partial charge in [-0.3, -0.25) is 9.59 Å². The van der Waals surface area contributed by atoms with Gasteiger partial charge in [0.2, 0.25) is 0 Å². The van der Waals surface area contributed by atoms with Crippen LogP contribution in [0.1, 0.15) is 34.1 Å². The molecule has 0 atom stereocenters. The van der Waals surface area contributed by atoms with Gasteiger partial charge in [0.25, 0.3) is 5.91 Å². The Bertz CT molecular complexity index is 441. The second-order valence-electron chi connectivity index (χ2n) is 4.59. The molecule has 0 saturated carbocycles. The lowest BCUT2D eigenvalue weighted by atomic mass is 10.0. The minimum atomic E-state index is -0.0719. The highest BCUT2D eigenvalue weighted by Gasteiger charge is 2.17. The molecule has 1 heterocycles. The van der Waals surface area contributed by atoms with Gasteiger partial charge in [0.05, 0.1) is 0 Å². The first-order chi connectivity index (χ1) is 8.70. The van der Waals surface area contributed by atoms with Crippen LogP contribution in [0.5, 0.6) is 0 Å². The van der Waals surface area contributed by atoms with E-state index >= 15 is 0 Å². The summed E-state index contributed by atoms with van der Waals surface area (Å²) < 4.78 is 0. The van der Waals surface area contributed by atoms with Crippen LogP contribution in [0.25, 0.3) is 0 Å². The standard InChI is InChI=1S/C14H18N2O2.ClH/c1-2-13(17)11-3-5-12(6-4-11)14(18)16-9-10-7-15-8-10;/h3-6,10,15H,2,7-9H2,1H3,(H,16,18);1H. The van der Waals surface area contributed by atoms with Gasteiger partial charge in [0.1, 0.15) is 0 Å². The molecule has 4 nitrogen and oxygen atoms in total. The Kier molecular flexibility index (Phi) is 5.99. The van der Waals surface area contributed by atoms with E-state index < -0.39 is 0 Å². The lowest BCUT2D eigenvalue weighted by Crippen LogP contribution is -2.48. The Morgan fingerprint density at radius 1 is 1.21 bits per heavy atom. The Morgan fingerprint density at radius 2 is 1.79 bits per heavy atom. The fourth-order valence-electron chi connectivity index (χ4n) is 1.84. The van der Waals surface area contributed by atoms with Gasteiger partial charge in [-0.25, -0.2) is 0 Å². The molecular weight excluding hydrogens is 264 g/mol. The highest BCUT2D eigenvalue weighted by molar-refractivity contribution is 5.98. The third-order valence-corrected chi connectivity index (χ3v) is 3.21. The van der Waals surface area contributed by atoms with Crippen LogP contribution in [0.4, 0.5) is 0 Å². The summed E-state index contributed by atoms with van der Waals surface area (Å²) in [5, 5.41) is 6.06. The lowest BCUT2D eigenvalue weighted by Gasteiger charge is -2.27. The minimum Gasteiger partial charge on any atom is -0.352 e. The molecule has 2 N–H and O–H groups in total. The molecule has 2 rings (SSSR count). The molecule has 0 aromatic heterocycles. The molecule has 0 unspecified atom stereocenters. The van der Waals surface area contributed by atoms with Gasteiger partial charge >= 0.3 is 0 Å². The van der Waals surface area contributed by atoms with Gasteiger partial charge in [0, 0.05) is 43.1 Å². The molecule has 1 aromatic carbocycles. The predicted octanol–water partition coefficient (Wildman–Crippen LogP) is 1.65. The van der Waals surface area contributed by atoms with Gasteiger partial charge < -0.3 is 10.6 Å². The van der Waals surface area contributed by atoms with E-state index in [0.29, 0.717) is 30.0 Å². The molecule has 19 heavy (non-hydrogen) atoms. The molecule has 104 valence electrons. The first kappa shape index (κ1) is 15.7. The first-order valence-electron chi connectivity index (χ1n) is 6.33. The third kappa shape index (κ3) is 4.04. The van der Waals surface area contributed by atoms with Crippen molar-refractivity contribution in [3.63, 3.8) is 0 Å². The van der Waals surface area contributed by atoms with Crippen LogP contribution in [0, 0.1) is 5.92 Å². The predicted molar refractivity (Wildman–Crippen MR) is 77.0 cm³/mol. The number of amides is 1. The van der Waals surface area contributed by atoms with E-state index in [0.717, 1.165) is 13.1 Å². The minimum absolute atomic E-state index is 0. The number of carbonyl (C=O) groups excluding carboxylic acids is 2. The quantitative estimate of drug-likeness (QED) is 0.808. The van der Waals surface area contributed by atoms with Gasteiger partial charge in [-0.2, -0.15) is 0 Å². The highest BCUT2D eigenvalue weighted by Crippen LogP contribution is 2.07. The molecule has 0 spiro atoms. The monoisotopic (exact) mass is 282 g/mol. The summed E-state index contributed by atoms with van der Waals surface area (Å²) in [5.41, 5.74) is 1.27. The normalized spacial score (nSPS) is 14.2. The molecular formula is C14H19ClN2O2. The molecule has 1 aliphatic rings. The summed E-state index contributed by atoms with van der Waals surface area (Å²) in [6.45, 7) is 4.49. The van der Waals surface area contributed by atoms with Crippen molar-refractivity contribution < 1.29 is 9.59 Å². The van der Waals surface area contributed by atoms with E-state index in [1.165, 1.54) is 0 Å². The molecule has 1 saturated heterocycles. The van der Waals surface area contributed by atoms with Gasteiger partial charge in [-0.05, 0) is 12.1 Å². The summed E-state index contributed by atoms with van der Waals surface area (Å²) in [6, 6.07) is 6.84. The fourth-order valence-corrected chi connectivity index (χ4v) is 1.84. The van der Waals surface area contributed by atoms with Crippen molar-refractivity contribution >= 4 is 24.1 Å². The molecule has 1 aliphatic heterocycles. The van der Waals surface area contributed by atoms with E-state index in [4.69, 9.17) is 0 Å². The van der Waals surface area contributed by atoms with E-state index in [-0.39, 0.29) is 24.1 Å². The van der Waals surface area contributed by atoms with Crippen molar-refractivity contribution in [3.05, 3.63) is 35.4 Å². The summed E-state index contributed by atoms with van der Waals surface area (Å²) in [6.07, 6.45) is 0.486. The second kappa shape index (κ2) is 7.26. The number of ketones is 1. The molecule has 1 fully saturated rings. The number of benzene rings is 1. The number of rotatable bonds is 5. The number of halogens is 1. The third-order valence-electron chi connectivity index (χ3n) is 3.21. The summed E-state index contributed by atoms with van der Waals surface area (Å²) in [4.78, 5) is 23.3. The van der Waals surface area contributed by atoms with Crippen molar-refractivity contribution in [1.82, 2.24) is 10.6 Å². The molecule has 1 aromatic rings. The topological polar surface area (TPSA) is 58.2 Å². The van der Waals surface area contributed by atoms with Gasteiger partial charge in [0.15, 0.2) is 5.78 Å². The van der Waals surface area contributed by atoms with Crippen molar-refractivity contribution in [2.24, 2.45) is 5.92 Å². The second-order valence-corrected chi connectivity index (χ2v) is 4.59. The molecule has 0 aliphatic carbocycles. The molecule has 0 radical (unpaired) electrons. The van der Waals surface area contributed by atoms with Crippen LogP contribution in [0.3, 0.4) is 0 Å². The number of carbonyl (C=O) groups is 2. The van der Waals surface area contributed by atoms with Crippen LogP contribution in [-0.2, 0) is 0 Å². The van der Waals surface area contributed by atoms with Crippen LogP contribution in [-0.4, -0.2) is 31.3 Å². The number of nitrogens with one attached hydrogen (secondary N) is 2. The lowest BCUT2D eigenvalue weighted by molar-refractivity contribution is 0.0939. The van der Waals surface area contributed by atoms with Crippen LogP contribution >= 0.6 is 12.4 Å². The molecule has 5 heteroatoms. The first-order valence-corrected chi connectivity index (χ1v) is 6.33. The van der Waals surface area contributed by atoms with Gasteiger partial charge in [-0.15, -0.1) is 12.4 Å². The van der Waals surface area contributed by atoms with Crippen LogP contribution in [0.2, 0.25) is 0 Å². The summed E-state index contributed by atoms with van der Waals surface area (Å²) >= 11 is 0. The summed E-state index contributed by atoms with van der Waals surface area (Å²) in [5.74, 6) is 0.579. The Hall–Kier alpha value is -1.39. The zero-order valence-electron chi connectivity index (χ0n) is 10.9. The maximum absolute atomic E-state index is 11.8. The molecule has 0 bridgehead atoms. The van der Waals surface area contributed by atoms with Crippen molar-refractivity contribution in [2.75, 3.05) is 19.6 Å². The fraction of sp³-hybridized carbons (Fsp3) is 0.429. The number of Topliss-reactive ketones (excluding diaryl/α,β-unsaturated/α-hetero) is 1. The maximum atomic E-state index is 11.8. The van der Waals surface area contributed by atoms with Crippen LogP contribution < -0.4 is 10.6 Å². The Morgan fingerprint density at radius 3 is 2.26 bits per heavy atom. The van der Waals surface area contributed by atoms with Crippen molar-refractivity contribution in [1.29, 1.82) is 0 Å². The molecule has 1 amide bonds. The number of hydrogen-bond donors (Lipinski definition) is 2. The van der Waals surface area contributed by atoms with E-state index in [1.807, 2.05) is 6.92 Å². The van der Waals surface area contributed by atoms with Crippen molar-refractivity contribution in [2.45, 2.75) is 13.3 Å². The Labute approximate surface area is 119 Å². The van der Waals surface area contributed by atoms with E-state index in [2.05, 4.69) is 10.6 Å². The average molecular weight is 283 g/mol. The Balaban J connectivity index is 0.00000180. The SMILES string of the molecule is CCC(=O)c1ccc(C(=O)NCC2CNC2)cc1.Cl. The van der Waals surface area contributed by atoms with Gasteiger partial charge in [-0.1, -0.05) is 19.1 Å². The zero-order chi connectivity index (χ0) is 13.0.